The zero-order valence-electron chi connectivity index (χ0n) is 17.9. The molecule has 8 heteroatoms. The van der Waals surface area contributed by atoms with Crippen molar-refractivity contribution in [2.45, 2.75) is 57.7 Å². The Labute approximate surface area is 180 Å². The molecule has 1 aromatic rings. The summed E-state index contributed by atoms with van der Waals surface area (Å²) in [6, 6.07) is 5.16. The molecule has 29 heavy (non-hydrogen) atoms. The van der Waals surface area contributed by atoms with Crippen LogP contribution in [0.15, 0.2) is 12.1 Å². The molecule has 0 unspecified atom stereocenters. The fraction of sp³-hybridized carbons (Fsp3) is 0.810. The van der Waals surface area contributed by atoms with Gasteiger partial charge in [-0.15, -0.1) is 11.3 Å². The first-order valence-electron chi connectivity index (χ1n) is 11.1. The van der Waals surface area contributed by atoms with E-state index in [4.69, 9.17) is 0 Å². The minimum Gasteiger partial charge on any atom is -0.298 e. The summed E-state index contributed by atoms with van der Waals surface area (Å²) >= 11 is 1.97. The van der Waals surface area contributed by atoms with Gasteiger partial charge in [0.15, 0.2) is 0 Å². The van der Waals surface area contributed by atoms with Crippen molar-refractivity contribution in [2.75, 3.05) is 46.8 Å². The van der Waals surface area contributed by atoms with E-state index in [1.54, 1.807) is 18.4 Å². The molecule has 1 aromatic heterocycles. The topological polar surface area (TPSA) is 47.1 Å². The maximum Gasteiger partial charge on any atom is 0.281 e. The third-order valence-corrected chi connectivity index (χ3v) is 9.80. The van der Waals surface area contributed by atoms with Crippen LogP contribution in [0.5, 0.6) is 0 Å². The van der Waals surface area contributed by atoms with Gasteiger partial charge < -0.3 is 0 Å². The third kappa shape index (κ3) is 5.05. The molecule has 0 aromatic carbocycles. The number of fused-ring (bicyclic) bond motifs is 1. The normalized spacial score (nSPS) is 28.0. The Morgan fingerprint density at radius 1 is 0.966 bits per heavy atom. The molecule has 4 rings (SSSR count). The SMILES string of the molecule is CN(C)S(=O)(=O)N1CC[C@H]2[C@H](CCCN2Cc2ccc(CN3CCCCC3)s2)C1. The maximum atomic E-state index is 12.5. The van der Waals surface area contributed by atoms with Crippen LogP contribution in [0.1, 0.15) is 48.3 Å². The fourth-order valence-corrected chi connectivity index (χ4v) is 7.50. The Balaban J connectivity index is 1.35. The van der Waals surface area contributed by atoms with E-state index in [2.05, 4.69) is 21.9 Å². The Bertz CT molecular complexity index is 773. The number of likely N-dealkylation sites (tertiary alicyclic amines) is 2. The molecule has 0 bridgehead atoms. The van der Waals surface area contributed by atoms with Crippen LogP contribution < -0.4 is 0 Å². The summed E-state index contributed by atoms with van der Waals surface area (Å²) in [5.41, 5.74) is 0. The molecule has 0 saturated carbocycles. The van der Waals surface area contributed by atoms with Gasteiger partial charge in [0.05, 0.1) is 0 Å². The lowest BCUT2D eigenvalue weighted by atomic mass is 9.84. The standard InChI is InChI=1S/C21H36N4O2S2/c1-22(2)29(26,27)25-14-10-21-18(15-25)7-6-13-24(21)17-20-9-8-19(28-20)16-23-11-4-3-5-12-23/h8-9,18,21H,3-7,10-17H2,1-2H3/t18-,21+/m1/s1. The van der Waals surface area contributed by atoms with Crippen molar-refractivity contribution in [3.8, 4) is 0 Å². The molecule has 4 heterocycles. The van der Waals surface area contributed by atoms with Crippen molar-refractivity contribution in [2.24, 2.45) is 5.92 Å². The fourth-order valence-electron chi connectivity index (χ4n) is 5.24. The molecule has 0 N–H and O–H groups in total. The molecular formula is C21H36N4O2S2. The van der Waals surface area contributed by atoms with E-state index in [1.807, 2.05) is 11.3 Å². The van der Waals surface area contributed by atoms with E-state index in [0.717, 1.165) is 32.5 Å². The number of thiophene rings is 1. The van der Waals surface area contributed by atoms with Crippen molar-refractivity contribution in [3.63, 3.8) is 0 Å². The molecular weight excluding hydrogens is 404 g/mol. The Morgan fingerprint density at radius 3 is 2.41 bits per heavy atom. The van der Waals surface area contributed by atoms with Gasteiger partial charge in [-0.1, -0.05) is 6.42 Å². The second-order valence-electron chi connectivity index (χ2n) is 9.08. The molecule has 3 aliphatic rings. The number of nitrogens with zero attached hydrogens (tertiary/aromatic N) is 4. The lowest BCUT2D eigenvalue weighted by molar-refractivity contribution is 0.0410. The average molecular weight is 441 g/mol. The van der Waals surface area contributed by atoms with Crippen molar-refractivity contribution in [1.29, 1.82) is 0 Å². The monoisotopic (exact) mass is 440 g/mol. The van der Waals surface area contributed by atoms with Crippen molar-refractivity contribution in [1.82, 2.24) is 18.4 Å². The van der Waals surface area contributed by atoms with Crippen LogP contribution in [0.4, 0.5) is 0 Å². The smallest absolute Gasteiger partial charge is 0.281 e. The molecule has 3 fully saturated rings. The van der Waals surface area contributed by atoms with Crippen molar-refractivity contribution >= 4 is 21.5 Å². The van der Waals surface area contributed by atoms with E-state index in [1.165, 1.54) is 52.8 Å². The second-order valence-corrected chi connectivity index (χ2v) is 12.5. The average Bonchev–Trinajstić information content (AvgIpc) is 3.15. The van der Waals surface area contributed by atoms with Crippen molar-refractivity contribution < 1.29 is 8.42 Å². The largest absolute Gasteiger partial charge is 0.298 e. The second kappa shape index (κ2) is 9.32. The Morgan fingerprint density at radius 2 is 1.69 bits per heavy atom. The molecule has 164 valence electrons. The molecule has 0 aliphatic carbocycles. The Kier molecular flexibility index (Phi) is 6.98. The van der Waals surface area contributed by atoms with Crippen LogP contribution in [-0.4, -0.2) is 79.7 Å². The lowest BCUT2D eigenvalue weighted by Gasteiger charge is -2.47. The van der Waals surface area contributed by atoms with Gasteiger partial charge in [0, 0.05) is 56.1 Å². The van der Waals surface area contributed by atoms with Gasteiger partial charge in [0.2, 0.25) is 0 Å². The zero-order valence-corrected chi connectivity index (χ0v) is 19.6. The van der Waals surface area contributed by atoms with Gasteiger partial charge in [-0.3, -0.25) is 9.80 Å². The summed E-state index contributed by atoms with van der Waals surface area (Å²) in [6.45, 7) is 7.07. The van der Waals surface area contributed by atoms with E-state index in [-0.39, 0.29) is 0 Å². The van der Waals surface area contributed by atoms with Crippen LogP contribution in [0.25, 0.3) is 0 Å². The number of hydrogen-bond acceptors (Lipinski definition) is 5. The first-order chi connectivity index (χ1) is 13.9. The quantitative estimate of drug-likeness (QED) is 0.682. The van der Waals surface area contributed by atoms with E-state index < -0.39 is 10.2 Å². The predicted octanol–water partition coefficient (Wildman–Crippen LogP) is 2.83. The third-order valence-electron chi connectivity index (χ3n) is 6.84. The summed E-state index contributed by atoms with van der Waals surface area (Å²) in [4.78, 5) is 8.17. The number of hydrogen-bond donors (Lipinski definition) is 0. The maximum absolute atomic E-state index is 12.5. The zero-order chi connectivity index (χ0) is 20.4. The highest BCUT2D eigenvalue weighted by atomic mass is 32.2. The van der Waals surface area contributed by atoms with Crippen LogP contribution in [-0.2, 0) is 23.3 Å². The van der Waals surface area contributed by atoms with E-state index >= 15 is 0 Å². The molecule has 3 saturated heterocycles. The first kappa shape index (κ1) is 21.7. The summed E-state index contributed by atoms with van der Waals surface area (Å²) in [5.74, 6) is 0.458. The van der Waals surface area contributed by atoms with Gasteiger partial charge in [-0.25, -0.2) is 0 Å². The molecule has 0 amide bonds. The van der Waals surface area contributed by atoms with Gasteiger partial charge in [0.25, 0.3) is 10.2 Å². The van der Waals surface area contributed by atoms with Crippen molar-refractivity contribution in [3.05, 3.63) is 21.9 Å². The number of piperidine rings is 3. The highest BCUT2D eigenvalue weighted by Crippen LogP contribution is 2.34. The number of rotatable bonds is 6. The van der Waals surface area contributed by atoms with Gasteiger partial charge in [-0.05, 0) is 69.8 Å². The van der Waals surface area contributed by atoms with Crippen LogP contribution in [0, 0.1) is 5.92 Å². The summed E-state index contributed by atoms with van der Waals surface area (Å²) in [7, 11) is -0.0286. The van der Waals surface area contributed by atoms with Gasteiger partial charge in [-0.2, -0.15) is 17.0 Å². The van der Waals surface area contributed by atoms with E-state index in [0.29, 0.717) is 25.0 Å². The minimum atomic E-state index is -3.29. The molecule has 6 nitrogen and oxygen atoms in total. The summed E-state index contributed by atoms with van der Waals surface area (Å²) in [5, 5.41) is 0. The molecule has 0 spiro atoms. The molecule has 3 aliphatic heterocycles. The van der Waals surface area contributed by atoms with Crippen LogP contribution >= 0.6 is 11.3 Å². The Hall–Kier alpha value is -0.510. The highest BCUT2D eigenvalue weighted by molar-refractivity contribution is 7.86. The molecule has 2 atom stereocenters. The molecule has 0 radical (unpaired) electrons. The first-order valence-corrected chi connectivity index (χ1v) is 13.4. The minimum absolute atomic E-state index is 0.458. The predicted molar refractivity (Wildman–Crippen MR) is 119 cm³/mol. The van der Waals surface area contributed by atoms with Gasteiger partial charge >= 0.3 is 0 Å². The van der Waals surface area contributed by atoms with Crippen LogP contribution in [0.3, 0.4) is 0 Å². The summed E-state index contributed by atoms with van der Waals surface area (Å²) in [6.07, 6.45) is 7.33. The van der Waals surface area contributed by atoms with Crippen LogP contribution in [0.2, 0.25) is 0 Å². The lowest BCUT2D eigenvalue weighted by Crippen LogP contribution is -2.56. The summed E-state index contributed by atoms with van der Waals surface area (Å²) < 4.78 is 28.1. The highest BCUT2D eigenvalue weighted by Gasteiger charge is 2.40. The van der Waals surface area contributed by atoms with Gasteiger partial charge in [0.1, 0.15) is 0 Å². The van der Waals surface area contributed by atoms with E-state index in [9.17, 15) is 8.42 Å².